The maximum absolute atomic E-state index is 11.1. The van der Waals surface area contributed by atoms with Crippen LogP contribution in [-0.4, -0.2) is 25.9 Å². The van der Waals surface area contributed by atoms with Gasteiger partial charge in [0, 0.05) is 18.0 Å². The van der Waals surface area contributed by atoms with Gasteiger partial charge in [-0.15, -0.1) is 0 Å². The fourth-order valence-corrected chi connectivity index (χ4v) is 1.68. The summed E-state index contributed by atoms with van der Waals surface area (Å²) in [6.07, 6.45) is 2.65. The standard InChI is InChI=1S/C12H11N5O4/c1-7-3-2-4-8(10(7)17(19)20)21-12-9(11(13)16-18)14-5-6-15-12/h2-6,18H,1H3,(H2,13,16). The van der Waals surface area contributed by atoms with Crippen LogP contribution in [0.4, 0.5) is 5.69 Å². The quantitative estimate of drug-likeness (QED) is 0.286. The van der Waals surface area contributed by atoms with Crippen molar-refractivity contribution in [3.05, 3.63) is 52.0 Å². The van der Waals surface area contributed by atoms with E-state index in [0.29, 0.717) is 5.56 Å². The van der Waals surface area contributed by atoms with Gasteiger partial charge in [-0.3, -0.25) is 10.1 Å². The van der Waals surface area contributed by atoms with Crippen molar-refractivity contribution in [2.24, 2.45) is 10.9 Å². The van der Waals surface area contributed by atoms with Gasteiger partial charge in [0.05, 0.1) is 4.92 Å². The lowest BCUT2D eigenvalue weighted by Crippen LogP contribution is -2.16. The lowest BCUT2D eigenvalue weighted by molar-refractivity contribution is -0.386. The van der Waals surface area contributed by atoms with E-state index in [-0.39, 0.29) is 28.8 Å². The summed E-state index contributed by atoms with van der Waals surface area (Å²) in [7, 11) is 0. The van der Waals surface area contributed by atoms with Gasteiger partial charge in [0.25, 0.3) is 0 Å². The lowest BCUT2D eigenvalue weighted by Gasteiger charge is -2.09. The Kier molecular flexibility index (Phi) is 3.93. The van der Waals surface area contributed by atoms with Crippen LogP contribution in [0.2, 0.25) is 0 Å². The SMILES string of the molecule is Cc1cccc(Oc2nccnc2C(N)=NO)c1[N+](=O)[O-]. The van der Waals surface area contributed by atoms with Gasteiger partial charge in [-0.1, -0.05) is 17.3 Å². The van der Waals surface area contributed by atoms with Gasteiger partial charge < -0.3 is 15.7 Å². The molecule has 0 atom stereocenters. The largest absolute Gasteiger partial charge is 0.430 e. The van der Waals surface area contributed by atoms with E-state index in [1.807, 2.05) is 0 Å². The Labute approximate surface area is 118 Å². The van der Waals surface area contributed by atoms with Gasteiger partial charge in [0.2, 0.25) is 11.6 Å². The number of hydrogen-bond donors (Lipinski definition) is 2. The molecule has 0 aliphatic heterocycles. The molecule has 1 aromatic carbocycles. The molecule has 0 radical (unpaired) electrons. The van der Waals surface area contributed by atoms with E-state index in [1.165, 1.54) is 18.5 Å². The van der Waals surface area contributed by atoms with Crippen LogP contribution in [0.25, 0.3) is 0 Å². The smallest absolute Gasteiger partial charge is 0.314 e. The highest BCUT2D eigenvalue weighted by Gasteiger charge is 2.21. The Bertz CT molecular complexity index is 717. The summed E-state index contributed by atoms with van der Waals surface area (Å²) >= 11 is 0. The van der Waals surface area contributed by atoms with Crippen molar-refractivity contribution in [2.75, 3.05) is 0 Å². The third kappa shape index (κ3) is 2.86. The average molecular weight is 289 g/mol. The molecular formula is C12H11N5O4. The summed E-state index contributed by atoms with van der Waals surface area (Å²) in [6.45, 7) is 1.59. The molecule has 0 aliphatic rings. The average Bonchev–Trinajstić information content (AvgIpc) is 2.46. The molecule has 1 heterocycles. The second-order valence-corrected chi connectivity index (χ2v) is 3.98. The van der Waals surface area contributed by atoms with Gasteiger partial charge in [-0.05, 0) is 13.0 Å². The molecule has 0 spiro atoms. The minimum Gasteiger partial charge on any atom is -0.430 e. The summed E-state index contributed by atoms with van der Waals surface area (Å²) in [5.74, 6) is -0.414. The van der Waals surface area contributed by atoms with Crippen molar-refractivity contribution < 1.29 is 14.9 Å². The molecule has 1 aromatic heterocycles. The molecule has 2 rings (SSSR count). The summed E-state index contributed by atoms with van der Waals surface area (Å²) in [5.41, 5.74) is 5.69. The minimum atomic E-state index is -0.551. The molecule has 9 nitrogen and oxygen atoms in total. The molecule has 0 fully saturated rings. The van der Waals surface area contributed by atoms with Crippen LogP contribution >= 0.6 is 0 Å². The van der Waals surface area contributed by atoms with E-state index < -0.39 is 4.92 Å². The maximum Gasteiger partial charge on any atom is 0.314 e. The fourth-order valence-electron chi connectivity index (χ4n) is 1.68. The molecule has 0 saturated heterocycles. The number of nitrogens with zero attached hydrogens (tertiary/aromatic N) is 4. The topological polar surface area (TPSA) is 137 Å². The van der Waals surface area contributed by atoms with Crippen LogP contribution < -0.4 is 10.5 Å². The van der Waals surface area contributed by atoms with Crippen molar-refractivity contribution in [3.63, 3.8) is 0 Å². The number of aryl methyl sites for hydroxylation is 1. The Hall–Kier alpha value is -3.23. The maximum atomic E-state index is 11.1. The number of amidine groups is 1. The van der Waals surface area contributed by atoms with E-state index >= 15 is 0 Å². The van der Waals surface area contributed by atoms with E-state index in [9.17, 15) is 10.1 Å². The number of aromatic nitrogens is 2. The normalized spacial score (nSPS) is 11.2. The lowest BCUT2D eigenvalue weighted by atomic mass is 10.2. The molecule has 0 saturated carbocycles. The summed E-state index contributed by atoms with van der Waals surface area (Å²) in [5, 5.41) is 22.6. The third-order valence-electron chi connectivity index (χ3n) is 2.60. The summed E-state index contributed by atoms with van der Waals surface area (Å²) in [4.78, 5) is 18.3. The van der Waals surface area contributed by atoms with Crippen molar-refractivity contribution in [2.45, 2.75) is 6.92 Å². The highest BCUT2D eigenvalue weighted by atomic mass is 16.6. The summed E-state index contributed by atoms with van der Waals surface area (Å²) in [6, 6.07) is 4.62. The Morgan fingerprint density at radius 1 is 1.43 bits per heavy atom. The predicted octanol–water partition coefficient (Wildman–Crippen LogP) is 1.58. The Morgan fingerprint density at radius 3 is 2.81 bits per heavy atom. The first-order valence-electron chi connectivity index (χ1n) is 5.75. The van der Waals surface area contributed by atoms with Crippen LogP contribution in [0.5, 0.6) is 11.6 Å². The Balaban J connectivity index is 2.49. The van der Waals surface area contributed by atoms with Crippen LogP contribution in [0.3, 0.4) is 0 Å². The van der Waals surface area contributed by atoms with E-state index in [2.05, 4.69) is 15.1 Å². The van der Waals surface area contributed by atoms with E-state index in [0.717, 1.165) is 0 Å². The predicted molar refractivity (Wildman–Crippen MR) is 72.5 cm³/mol. The van der Waals surface area contributed by atoms with Crippen molar-refractivity contribution >= 4 is 11.5 Å². The highest BCUT2D eigenvalue weighted by molar-refractivity contribution is 5.97. The number of rotatable bonds is 4. The number of nitrogens with two attached hydrogens (primary N) is 1. The van der Waals surface area contributed by atoms with E-state index in [4.69, 9.17) is 15.7 Å². The molecule has 0 bridgehead atoms. The molecular weight excluding hydrogens is 278 g/mol. The number of benzene rings is 1. The molecule has 0 aliphatic carbocycles. The first-order valence-corrected chi connectivity index (χ1v) is 5.75. The number of oxime groups is 1. The first-order chi connectivity index (χ1) is 10.0. The minimum absolute atomic E-state index is 0.00695. The zero-order valence-corrected chi connectivity index (χ0v) is 10.9. The van der Waals surface area contributed by atoms with Crippen LogP contribution in [0.1, 0.15) is 11.3 Å². The number of ether oxygens (including phenoxy) is 1. The second-order valence-electron chi connectivity index (χ2n) is 3.98. The molecule has 3 N–H and O–H groups in total. The van der Waals surface area contributed by atoms with Gasteiger partial charge in [-0.2, -0.15) is 0 Å². The van der Waals surface area contributed by atoms with Crippen LogP contribution in [0.15, 0.2) is 35.7 Å². The number of para-hydroxylation sites is 1. The van der Waals surface area contributed by atoms with Crippen molar-refractivity contribution in [3.8, 4) is 11.6 Å². The first kappa shape index (κ1) is 14.2. The molecule has 108 valence electrons. The monoisotopic (exact) mass is 289 g/mol. The van der Waals surface area contributed by atoms with E-state index in [1.54, 1.807) is 19.1 Å². The second kappa shape index (κ2) is 5.82. The number of hydrogen-bond acceptors (Lipinski definition) is 7. The summed E-state index contributed by atoms with van der Waals surface area (Å²) < 4.78 is 5.42. The highest BCUT2D eigenvalue weighted by Crippen LogP contribution is 2.33. The molecule has 0 amide bonds. The van der Waals surface area contributed by atoms with Gasteiger partial charge in [0.15, 0.2) is 11.5 Å². The number of nitro benzene ring substituents is 1. The number of nitro groups is 1. The van der Waals surface area contributed by atoms with Crippen LogP contribution in [0, 0.1) is 17.0 Å². The molecule has 9 heteroatoms. The molecule has 2 aromatic rings. The van der Waals surface area contributed by atoms with Crippen molar-refractivity contribution in [1.82, 2.24) is 9.97 Å². The molecule has 0 unspecified atom stereocenters. The van der Waals surface area contributed by atoms with Gasteiger partial charge in [-0.25, -0.2) is 9.97 Å². The van der Waals surface area contributed by atoms with Gasteiger partial charge in [0.1, 0.15) is 0 Å². The zero-order valence-electron chi connectivity index (χ0n) is 10.9. The Morgan fingerprint density at radius 2 is 2.14 bits per heavy atom. The van der Waals surface area contributed by atoms with Gasteiger partial charge >= 0.3 is 5.69 Å². The van der Waals surface area contributed by atoms with Crippen molar-refractivity contribution in [1.29, 1.82) is 0 Å². The fraction of sp³-hybridized carbons (Fsp3) is 0.0833. The van der Waals surface area contributed by atoms with Crippen LogP contribution in [-0.2, 0) is 0 Å². The third-order valence-corrected chi connectivity index (χ3v) is 2.60. The zero-order chi connectivity index (χ0) is 15.4. The molecule has 21 heavy (non-hydrogen) atoms.